The van der Waals surface area contributed by atoms with E-state index < -0.39 is 0 Å². The first-order valence-electron chi connectivity index (χ1n) is 8.66. The minimum absolute atomic E-state index is 0.307. The summed E-state index contributed by atoms with van der Waals surface area (Å²) in [6, 6.07) is 22.4. The van der Waals surface area contributed by atoms with Crippen LogP contribution in [0.5, 0.6) is 0 Å². The van der Waals surface area contributed by atoms with E-state index in [1.165, 1.54) is 0 Å². The summed E-state index contributed by atoms with van der Waals surface area (Å²) >= 11 is 3.56. The second-order valence-corrected chi connectivity index (χ2v) is 7.42. The molecule has 0 fully saturated rings. The summed E-state index contributed by atoms with van der Waals surface area (Å²) in [5.41, 5.74) is 5.02. The molecule has 0 spiro atoms. The van der Waals surface area contributed by atoms with Crippen molar-refractivity contribution in [1.29, 1.82) is 0 Å². The van der Waals surface area contributed by atoms with Crippen LogP contribution >= 0.6 is 15.9 Å². The molecule has 1 atom stereocenters. The lowest BCUT2D eigenvalue weighted by Gasteiger charge is -2.10. The van der Waals surface area contributed by atoms with E-state index in [1.54, 1.807) is 0 Å². The molecular weight excluding hydrogens is 384 g/mol. The highest BCUT2D eigenvalue weighted by atomic mass is 79.9. The van der Waals surface area contributed by atoms with E-state index in [1.807, 2.05) is 55.5 Å². The summed E-state index contributed by atoms with van der Waals surface area (Å²) in [5, 5.41) is 0. The first-order chi connectivity index (χ1) is 12.7. The maximum Gasteiger partial charge on any atom is 0.160 e. The number of rotatable bonds is 5. The van der Waals surface area contributed by atoms with Gasteiger partial charge in [0.15, 0.2) is 5.82 Å². The molecule has 0 saturated carbocycles. The maximum absolute atomic E-state index is 4.83. The molecule has 2 aromatic carbocycles. The molecule has 0 bridgehead atoms. The minimum atomic E-state index is 0.307. The third-order valence-electron chi connectivity index (χ3n) is 3.98. The summed E-state index contributed by atoms with van der Waals surface area (Å²) in [5.74, 6) is 0.738. The molecule has 130 valence electrons. The number of hydrogen-bond acceptors (Lipinski definition) is 2. The van der Waals surface area contributed by atoms with Gasteiger partial charge in [0.2, 0.25) is 0 Å². The van der Waals surface area contributed by atoms with Crippen molar-refractivity contribution in [3.8, 4) is 22.6 Å². The Morgan fingerprint density at radius 2 is 1.54 bits per heavy atom. The Morgan fingerprint density at radius 3 is 2.12 bits per heavy atom. The van der Waals surface area contributed by atoms with Crippen molar-refractivity contribution < 1.29 is 0 Å². The fraction of sp³-hybridized carbons (Fsp3) is 0.130. The van der Waals surface area contributed by atoms with Gasteiger partial charge in [0.25, 0.3) is 0 Å². The molecule has 0 amide bonds. The third kappa shape index (κ3) is 4.55. The standard InChI is InChI=1S/C23H21BrN2/c1-3-18(15-14-17(2)24)21-16-22(19-10-6-4-7-11-19)26-23(25-21)20-12-8-5-9-13-20/h3-17H,1-2H3/b15-14-,18-3+. The van der Waals surface area contributed by atoms with Gasteiger partial charge in [-0.2, -0.15) is 0 Å². The van der Waals surface area contributed by atoms with Crippen molar-refractivity contribution in [3.63, 3.8) is 0 Å². The van der Waals surface area contributed by atoms with Crippen molar-refractivity contribution in [3.05, 3.63) is 90.7 Å². The number of halogens is 1. The Bertz CT molecular complexity index is 856. The highest BCUT2D eigenvalue weighted by Crippen LogP contribution is 2.26. The van der Waals surface area contributed by atoms with E-state index in [0.29, 0.717) is 4.83 Å². The number of benzene rings is 2. The van der Waals surface area contributed by atoms with E-state index in [9.17, 15) is 0 Å². The van der Waals surface area contributed by atoms with Gasteiger partial charge in [0.1, 0.15) is 0 Å². The SMILES string of the molecule is C/C=C(\C=C/C(C)Br)c1cc(-c2ccccc2)nc(-c2ccccc2)n1. The zero-order valence-electron chi connectivity index (χ0n) is 14.9. The zero-order chi connectivity index (χ0) is 18.4. The van der Waals surface area contributed by atoms with Crippen LogP contribution in [0, 0.1) is 0 Å². The first-order valence-corrected chi connectivity index (χ1v) is 9.58. The number of hydrogen-bond donors (Lipinski definition) is 0. The summed E-state index contributed by atoms with van der Waals surface area (Å²) in [6.07, 6.45) is 6.30. The molecule has 2 nitrogen and oxygen atoms in total. The Labute approximate surface area is 163 Å². The Kier molecular flexibility index (Phi) is 6.13. The summed E-state index contributed by atoms with van der Waals surface area (Å²) in [4.78, 5) is 9.95. The average molecular weight is 405 g/mol. The van der Waals surface area contributed by atoms with Crippen LogP contribution in [-0.2, 0) is 0 Å². The number of aromatic nitrogens is 2. The molecule has 0 saturated heterocycles. The van der Waals surface area contributed by atoms with Crippen LogP contribution in [0.1, 0.15) is 19.5 Å². The summed E-state index contributed by atoms with van der Waals surface area (Å²) in [7, 11) is 0. The van der Waals surface area contributed by atoms with Crippen LogP contribution in [0.2, 0.25) is 0 Å². The Balaban J connectivity index is 2.15. The molecule has 1 heterocycles. The zero-order valence-corrected chi connectivity index (χ0v) is 16.5. The van der Waals surface area contributed by atoms with Gasteiger partial charge in [-0.05, 0) is 25.5 Å². The minimum Gasteiger partial charge on any atom is -0.228 e. The predicted octanol–water partition coefficient (Wildman–Crippen LogP) is 6.55. The van der Waals surface area contributed by atoms with Crippen LogP contribution < -0.4 is 0 Å². The van der Waals surface area contributed by atoms with E-state index in [4.69, 9.17) is 9.97 Å². The maximum atomic E-state index is 4.83. The lowest BCUT2D eigenvalue weighted by molar-refractivity contribution is 1.15. The second-order valence-electron chi connectivity index (χ2n) is 5.97. The summed E-state index contributed by atoms with van der Waals surface area (Å²) in [6.45, 7) is 4.12. The van der Waals surface area contributed by atoms with Crippen LogP contribution in [0.15, 0.2) is 85.0 Å². The Hall–Kier alpha value is -2.52. The second kappa shape index (κ2) is 8.72. The lowest BCUT2D eigenvalue weighted by Crippen LogP contribution is -1.98. The van der Waals surface area contributed by atoms with Crippen LogP contribution in [0.3, 0.4) is 0 Å². The van der Waals surface area contributed by atoms with Gasteiger partial charge in [-0.1, -0.05) is 94.8 Å². The molecule has 0 aliphatic carbocycles. The topological polar surface area (TPSA) is 25.8 Å². The van der Waals surface area contributed by atoms with Gasteiger partial charge in [-0.3, -0.25) is 0 Å². The van der Waals surface area contributed by atoms with Gasteiger partial charge < -0.3 is 0 Å². The monoisotopic (exact) mass is 404 g/mol. The lowest BCUT2D eigenvalue weighted by atomic mass is 10.1. The molecule has 26 heavy (non-hydrogen) atoms. The molecule has 3 rings (SSSR count). The smallest absolute Gasteiger partial charge is 0.160 e. The quantitative estimate of drug-likeness (QED) is 0.355. The van der Waals surface area contributed by atoms with Crippen molar-refractivity contribution >= 4 is 21.5 Å². The molecule has 0 N–H and O–H groups in total. The molecule has 1 aromatic heterocycles. The number of nitrogens with zero attached hydrogens (tertiary/aromatic N) is 2. The molecule has 3 aromatic rings. The fourth-order valence-corrected chi connectivity index (χ4v) is 2.79. The molecule has 3 heteroatoms. The molecule has 0 aliphatic rings. The predicted molar refractivity (Wildman–Crippen MR) is 114 cm³/mol. The van der Waals surface area contributed by atoms with Crippen LogP contribution in [0.4, 0.5) is 0 Å². The van der Waals surface area contributed by atoms with Gasteiger partial charge in [0.05, 0.1) is 11.4 Å². The van der Waals surface area contributed by atoms with Crippen molar-refractivity contribution in [2.45, 2.75) is 18.7 Å². The summed E-state index contributed by atoms with van der Waals surface area (Å²) < 4.78 is 0. The molecular formula is C23H21BrN2. The molecule has 0 aliphatic heterocycles. The average Bonchev–Trinajstić information content (AvgIpc) is 2.69. The molecule has 1 unspecified atom stereocenters. The largest absolute Gasteiger partial charge is 0.228 e. The number of alkyl halides is 1. The van der Waals surface area contributed by atoms with Crippen LogP contribution in [0.25, 0.3) is 28.2 Å². The van der Waals surface area contributed by atoms with E-state index in [-0.39, 0.29) is 0 Å². The Morgan fingerprint density at radius 1 is 0.923 bits per heavy atom. The van der Waals surface area contributed by atoms with Gasteiger partial charge in [0, 0.05) is 16.0 Å². The van der Waals surface area contributed by atoms with Crippen molar-refractivity contribution in [1.82, 2.24) is 9.97 Å². The van der Waals surface area contributed by atoms with E-state index in [0.717, 1.165) is 33.9 Å². The number of allylic oxidation sites excluding steroid dienone is 4. The van der Waals surface area contributed by atoms with Crippen molar-refractivity contribution in [2.75, 3.05) is 0 Å². The first kappa shape index (κ1) is 18.3. The van der Waals surface area contributed by atoms with Gasteiger partial charge in [-0.15, -0.1) is 0 Å². The fourth-order valence-electron chi connectivity index (χ4n) is 2.63. The molecule has 0 radical (unpaired) electrons. The highest BCUT2D eigenvalue weighted by Gasteiger charge is 2.10. The van der Waals surface area contributed by atoms with Crippen molar-refractivity contribution in [2.24, 2.45) is 0 Å². The van der Waals surface area contributed by atoms with Gasteiger partial charge in [-0.25, -0.2) is 9.97 Å². The van der Waals surface area contributed by atoms with E-state index >= 15 is 0 Å². The normalized spacial score (nSPS) is 13.1. The van der Waals surface area contributed by atoms with E-state index in [2.05, 4.69) is 59.3 Å². The third-order valence-corrected chi connectivity index (χ3v) is 4.28. The van der Waals surface area contributed by atoms with Crippen LogP contribution in [-0.4, -0.2) is 14.8 Å². The highest BCUT2D eigenvalue weighted by molar-refractivity contribution is 9.09. The van der Waals surface area contributed by atoms with Gasteiger partial charge >= 0.3 is 0 Å².